The van der Waals surface area contributed by atoms with Gasteiger partial charge >= 0.3 is 5.97 Å². The summed E-state index contributed by atoms with van der Waals surface area (Å²) in [6.45, 7) is 2.47. The highest BCUT2D eigenvalue weighted by Crippen LogP contribution is 2.23. The van der Waals surface area contributed by atoms with Crippen LogP contribution in [0.15, 0.2) is 0 Å². The van der Waals surface area contributed by atoms with Gasteiger partial charge in [0, 0.05) is 13.3 Å². The van der Waals surface area contributed by atoms with Crippen molar-refractivity contribution in [2.75, 3.05) is 6.61 Å². The van der Waals surface area contributed by atoms with Gasteiger partial charge in [0.15, 0.2) is 12.4 Å². The molecule has 1 aliphatic rings. The average molecular weight is 291 g/mol. The van der Waals surface area contributed by atoms with Crippen molar-refractivity contribution in [3.63, 3.8) is 0 Å². The maximum Gasteiger partial charge on any atom is 0.306 e. The molecule has 0 aromatic heterocycles. The summed E-state index contributed by atoms with van der Waals surface area (Å²) in [6.07, 6.45) is -4.39. The molecule has 0 aromatic rings. The van der Waals surface area contributed by atoms with Crippen LogP contribution in [0.25, 0.3) is 0 Å². The molecular formula is C12H21NO7. The largest absolute Gasteiger partial charge is 0.457 e. The highest BCUT2D eigenvalue weighted by atomic mass is 16.6. The number of hydrogen-bond donors (Lipinski definition) is 4. The van der Waals surface area contributed by atoms with Gasteiger partial charge in [-0.3, -0.25) is 9.59 Å². The predicted octanol–water partition coefficient (Wildman–Crippen LogP) is -1.73. The number of esters is 1. The van der Waals surface area contributed by atoms with E-state index in [4.69, 9.17) is 14.6 Å². The Morgan fingerprint density at radius 1 is 1.35 bits per heavy atom. The fraction of sp³-hybridized carbons (Fsp3) is 0.833. The van der Waals surface area contributed by atoms with E-state index in [1.54, 1.807) is 6.92 Å². The van der Waals surface area contributed by atoms with Crippen molar-refractivity contribution in [3.8, 4) is 0 Å². The lowest BCUT2D eigenvalue weighted by atomic mass is 9.96. The smallest absolute Gasteiger partial charge is 0.306 e. The zero-order valence-electron chi connectivity index (χ0n) is 11.5. The van der Waals surface area contributed by atoms with Crippen molar-refractivity contribution in [1.82, 2.24) is 5.32 Å². The van der Waals surface area contributed by atoms with Crippen molar-refractivity contribution >= 4 is 11.9 Å². The quantitative estimate of drug-likeness (QED) is 0.444. The number of amides is 1. The number of nitrogens with one attached hydrogen (secondary N) is 1. The molecule has 1 aliphatic heterocycles. The number of aliphatic hydroxyl groups is 3. The molecular weight excluding hydrogens is 270 g/mol. The van der Waals surface area contributed by atoms with E-state index in [9.17, 15) is 19.8 Å². The Morgan fingerprint density at radius 2 is 2.00 bits per heavy atom. The Labute approximate surface area is 116 Å². The first kappa shape index (κ1) is 16.8. The van der Waals surface area contributed by atoms with Gasteiger partial charge in [-0.2, -0.15) is 0 Å². The van der Waals surface area contributed by atoms with Crippen molar-refractivity contribution in [2.45, 2.75) is 57.3 Å². The van der Waals surface area contributed by atoms with Crippen LogP contribution in [0.4, 0.5) is 0 Å². The molecule has 2 unspecified atom stereocenters. The number of aliphatic hydroxyl groups excluding tert-OH is 3. The molecule has 1 amide bonds. The zero-order chi connectivity index (χ0) is 15.3. The summed E-state index contributed by atoms with van der Waals surface area (Å²) >= 11 is 0. The van der Waals surface area contributed by atoms with Gasteiger partial charge < -0.3 is 30.1 Å². The van der Waals surface area contributed by atoms with Crippen LogP contribution >= 0.6 is 0 Å². The van der Waals surface area contributed by atoms with Crippen LogP contribution in [0.1, 0.15) is 26.7 Å². The van der Waals surface area contributed by atoms with Gasteiger partial charge in [0.1, 0.15) is 18.2 Å². The number of hydrogen-bond acceptors (Lipinski definition) is 7. The summed E-state index contributed by atoms with van der Waals surface area (Å²) in [6, 6.07) is -1.09. The Kier molecular flexibility index (Phi) is 6.34. The average Bonchev–Trinajstić information content (AvgIpc) is 2.37. The molecule has 0 spiro atoms. The third-order valence-corrected chi connectivity index (χ3v) is 2.96. The highest BCUT2D eigenvalue weighted by Gasteiger charge is 2.47. The Bertz CT molecular complexity index is 349. The summed E-state index contributed by atoms with van der Waals surface area (Å²) in [4.78, 5) is 22.7. The molecule has 8 nitrogen and oxygen atoms in total. The molecule has 1 rings (SSSR count). The Balaban J connectivity index is 2.87. The zero-order valence-corrected chi connectivity index (χ0v) is 11.5. The van der Waals surface area contributed by atoms with Crippen LogP contribution in [-0.2, 0) is 19.1 Å². The van der Waals surface area contributed by atoms with E-state index in [0.29, 0.717) is 6.42 Å². The second-order valence-corrected chi connectivity index (χ2v) is 4.67. The number of carbonyl (C=O) groups excluding carboxylic acids is 2. The van der Waals surface area contributed by atoms with E-state index in [0.717, 1.165) is 0 Å². The third kappa shape index (κ3) is 4.14. The Morgan fingerprint density at radius 3 is 2.50 bits per heavy atom. The molecule has 0 aromatic carbocycles. The second kappa shape index (κ2) is 7.53. The maximum absolute atomic E-state index is 11.6. The van der Waals surface area contributed by atoms with Crippen molar-refractivity contribution in [3.05, 3.63) is 0 Å². The molecule has 0 bridgehead atoms. The molecule has 20 heavy (non-hydrogen) atoms. The van der Waals surface area contributed by atoms with Gasteiger partial charge in [-0.05, 0) is 6.42 Å². The number of carbonyl (C=O) groups is 2. The normalized spacial score (nSPS) is 33.5. The first-order valence-corrected chi connectivity index (χ1v) is 6.49. The predicted molar refractivity (Wildman–Crippen MR) is 66.4 cm³/mol. The monoisotopic (exact) mass is 291 g/mol. The summed E-state index contributed by atoms with van der Waals surface area (Å²) in [5, 5.41) is 31.3. The van der Waals surface area contributed by atoms with Crippen molar-refractivity contribution in [2.24, 2.45) is 0 Å². The van der Waals surface area contributed by atoms with E-state index in [1.807, 2.05) is 0 Å². The van der Waals surface area contributed by atoms with Crippen LogP contribution in [0.2, 0.25) is 0 Å². The van der Waals surface area contributed by atoms with Gasteiger partial charge in [0.05, 0.1) is 6.61 Å². The summed E-state index contributed by atoms with van der Waals surface area (Å²) in [7, 11) is 0. The van der Waals surface area contributed by atoms with Gasteiger partial charge in [-0.15, -0.1) is 0 Å². The van der Waals surface area contributed by atoms with Crippen LogP contribution in [0, 0.1) is 0 Å². The minimum absolute atomic E-state index is 0.150. The minimum atomic E-state index is -1.49. The molecule has 4 N–H and O–H groups in total. The maximum atomic E-state index is 11.6. The summed E-state index contributed by atoms with van der Waals surface area (Å²) in [5.74, 6) is -1.03. The first-order valence-electron chi connectivity index (χ1n) is 6.49. The molecule has 116 valence electrons. The molecule has 8 heteroatoms. The lowest BCUT2D eigenvalue weighted by molar-refractivity contribution is -0.258. The molecule has 0 saturated carbocycles. The van der Waals surface area contributed by atoms with Crippen LogP contribution in [-0.4, -0.2) is 64.4 Å². The van der Waals surface area contributed by atoms with Crippen LogP contribution in [0.5, 0.6) is 0 Å². The summed E-state index contributed by atoms with van der Waals surface area (Å²) < 4.78 is 10.1. The van der Waals surface area contributed by atoms with Gasteiger partial charge in [-0.1, -0.05) is 6.92 Å². The van der Waals surface area contributed by atoms with E-state index in [-0.39, 0.29) is 6.42 Å². The van der Waals surface area contributed by atoms with E-state index in [2.05, 4.69) is 5.32 Å². The Hall–Kier alpha value is -1.22. The fourth-order valence-corrected chi connectivity index (χ4v) is 2.03. The first-order chi connectivity index (χ1) is 9.40. The standard InChI is InChI=1S/C12H21NO7/c1-3-4-8(16)20-11-9(13-6(2)15)12(18)19-7(5-14)10(11)17/h7,9-12,14,17-18H,3-5H2,1-2H3,(H,13,15)/t7?,9?,10-,11-,12-/m1/s1. The van der Waals surface area contributed by atoms with Crippen molar-refractivity contribution in [1.29, 1.82) is 0 Å². The lowest BCUT2D eigenvalue weighted by Crippen LogP contribution is -2.65. The fourth-order valence-electron chi connectivity index (χ4n) is 2.03. The number of ether oxygens (including phenoxy) is 2. The van der Waals surface area contributed by atoms with E-state index >= 15 is 0 Å². The topological polar surface area (TPSA) is 125 Å². The van der Waals surface area contributed by atoms with Gasteiger partial charge in [-0.25, -0.2) is 0 Å². The molecule has 1 fully saturated rings. The SMILES string of the molecule is CCCC(=O)O[C@@H]1C(NC(C)=O)[C@H](O)OC(CO)[C@H]1O. The van der Waals surface area contributed by atoms with E-state index < -0.39 is 49.1 Å². The molecule has 0 radical (unpaired) electrons. The van der Waals surface area contributed by atoms with Gasteiger partial charge in [0.25, 0.3) is 0 Å². The third-order valence-electron chi connectivity index (χ3n) is 2.96. The molecule has 5 atom stereocenters. The highest BCUT2D eigenvalue weighted by molar-refractivity contribution is 5.73. The van der Waals surface area contributed by atoms with E-state index in [1.165, 1.54) is 6.92 Å². The summed E-state index contributed by atoms with van der Waals surface area (Å²) in [5.41, 5.74) is 0. The molecule has 0 aliphatic carbocycles. The minimum Gasteiger partial charge on any atom is -0.457 e. The molecule has 1 heterocycles. The van der Waals surface area contributed by atoms with Gasteiger partial charge in [0.2, 0.25) is 5.91 Å². The second-order valence-electron chi connectivity index (χ2n) is 4.67. The van der Waals surface area contributed by atoms with Crippen LogP contribution in [0.3, 0.4) is 0 Å². The number of rotatable bonds is 5. The van der Waals surface area contributed by atoms with Crippen LogP contribution < -0.4 is 5.32 Å². The van der Waals surface area contributed by atoms with Crippen molar-refractivity contribution < 1.29 is 34.4 Å². The molecule has 1 saturated heterocycles. The lowest BCUT2D eigenvalue weighted by Gasteiger charge is -2.41.